The molecule has 0 radical (unpaired) electrons. The molecule has 27 heavy (non-hydrogen) atoms. The second-order valence-electron chi connectivity index (χ2n) is 6.54. The monoisotopic (exact) mass is 520 g/mol. The topological polar surface area (TPSA) is 81.1 Å². The molecule has 1 fully saturated rings. The molecule has 2 aromatic rings. The first-order valence-corrected chi connectivity index (χ1v) is 11.4. The molecule has 3 N–H and O–H groups in total. The van der Waals surface area contributed by atoms with E-state index in [9.17, 15) is 0 Å². The Balaban J connectivity index is 0.00000261. The molecule has 0 spiro atoms. The molecule has 6 nitrogen and oxygen atoms in total. The molecule has 0 aliphatic heterocycles. The Bertz CT molecular complexity index is 695. The summed E-state index contributed by atoms with van der Waals surface area (Å²) in [5, 5.41) is 15.1. The first kappa shape index (κ1) is 22.5. The van der Waals surface area contributed by atoms with Crippen LogP contribution in [0.1, 0.15) is 48.8 Å². The van der Waals surface area contributed by atoms with Crippen molar-refractivity contribution in [1.82, 2.24) is 20.1 Å². The Morgan fingerprint density at radius 1 is 1.37 bits per heavy atom. The predicted molar refractivity (Wildman–Crippen MR) is 126 cm³/mol. The van der Waals surface area contributed by atoms with Crippen LogP contribution in [0.25, 0.3) is 0 Å². The summed E-state index contributed by atoms with van der Waals surface area (Å²) < 4.78 is 2.37. The first-order chi connectivity index (χ1) is 12.8. The van der Waals surface area contributed by atoms with Crippen molar-refractivity contribution >= 4 is 53.0 Å². The number of nitrogens with two attached hydrogens (primary N) is 1. The number of aliphatic imine (C=N–C) groups is 1. The number of aromatic nitrogens is 3. The van der Waals surface area contributed by atoms with Gasteiger partial charge in [-0.2, -0.15) is 0 Å². The molecular weight excluding hydrogens is 491 g/mol. The van der Waals surface area contributed by atoms with E-state index in [1.807, 2.05) is 0 Å². The van der Waals surface area contributed by atoms with Gasteiger partial charge in [0.25, 0.3) is 0 Å². The normalized spacial score (nSPS) is 15.1. The highest BCUT2D eigenvalue weighted by Gasteiger charge is 2.23. The maximum atomic E-state index is 5.95. The van der Waals surface area contributed by atoms with Gasteiger partial charge in [-0.15, -0.1) is 45.5 Å². The van der Waals surface area contributed by atoms with Gasteiger partial charge in [0.1, 0.15) is 5.82 Å². The summed E-state index contributed by atoms with van der Waals surface area (Å²) in [5.41, 5.74) is 5.95. The molecule has 0 unspecified atom stereocenters. The Kier molecular flexibility index (Phi) is 9.91. The zero-order valence-electron chi connectivity index (χ0n) is 15.8. The fourth-order valence-electron chi connectivity index (χ4n) is 3.41. The van der Waals surface area contributed by atoms with Gasteiger partial charge in [0, 0.05) is 30.4 Å². The van der Waals surface area contributed by atoms with Crippen molar-refractivity contribution in [3.63, 3.8) is 0 Å². The lowest BCUT2D eigenvalue weighted by Gasteiger charge is -2.16. The second kappa shape index (κ2) is 11.9. The van der Waals surface area contributed by atoms with E-state index >= 15 is 0 Å². The molecular formula is C18H29IN6S2. The minimum absolute atomic E-state index is 0. The third-order valence-electron chi connectivity index (χ3n) is 4.71. The average Bonchev–Trinajstić information content (AvgIpc) is 3.39. The number of thiophene rings is 1. The molecule has 0 aromatic carbocycles. The van der Waals surface area contributed by atoms with Crippen LogP contribution in [-0.2, 0) is 12.8 Å². The minimum atomic E-state index is 0. The van der Waals surface area contributed by atoms with Crippen molar-refractivity contribution in [2.45, 2.75) is 56.1 Å². The third kappa shape index (κ3) is 6.63. The zero-order chi connectivity index (χ0) is 18.2. The molecule has 2 heterocycles. The average molecular weight is 521 g/mol. The summed E-state index contributed by atoms with van der Waals surface area (Å²) in [7, 11) is 0. The molecule has 0 bridgehead atoms. The maximum Gasteiger partial charge on any atom is 0.191 e. The largest absolute Gasteiger partial charge is 0.370 e. The van der Waals surface area contributed by atoms with Crippen LogP contribution in [0.5, 0.6) is 0 Å². The van der Waals surface area contributed by atoms with E-state index in [1.165, 1.54) is 30.6 Å². The highest BCUT2D eigenvalue weighted by molar-refractivity contribution is 14.0. The standard InChI is InChI=1S/C18H28N6S2.HI/c1-25-18-23-22-16(24(18)14-6-2-3-7-14)9-4-11-20-17(19)21-12-10-15-8-5-13-26-15;/h5,8,13-14H,2-4,6-7,9-12H2,1H3,(H3,19,20,21);1H. The number of hydrogen-bond donors (Lipinski definition) is 2. The van der Waals surface area contributed by atoms with Crippen LogP contribution in [0.15, 0.2) is 27.7 Å². The fraction of sp³-hybridized carbons (Fsp3) is 0.611. The lowest BCUT2D eigenvalue weighted by atomic mass is 10.2. The molecule has 150 valence electrons. The van der Waals surface area contributed by atoms with Crippen molar-refractivity contribution in [2.75, 3.05) is 19.3 Å². The van der Waals surface area contributed by atoms with Gasteiger partial charge in [-0.25, -0.2) is 0 Å². The van der Waals surface area contributed by atoms with E-state index < -0.39 is 0 Å². The SMILES string of the molecule is CSc1nnc(CCCN=C(N)NCCc2cccs2)n1C1CCCC1.I. The number of rotatable bonds is 9. The van der Waals surface area contributed by atoms with E-state index in [0.717, 1.165) is 36.8 Å². The number of hydrogen-bond acceptors (Lipinski definition) is 5. The number of nitrogens with one attached hydrogen (secondary N) is 1. The summed E-state index contributed by atoms with van der Waals surface area (Å²) in [6.07, 6.45) is 10.0. The quantitative estimate of drug-likeness (QED) is 0.173. The molecule has 1 saturated carbocycles. The van der Waals surface area contributed by atoms with E-state index in [2.05, 4.69) is 48.8 Å². The van der Waals surface area contributed by atoms with Gasteiger partial charge < -0.3 is 15.6 Å². The highest BCUT2D eigenvalue weighted by Crippen LogP contribution is 2.33. The van der Waals surface area contributed by atoms with Crippen molar-refractivity contribution in [1.29, 1.82) is 0 Å². The van der Waals surface area contributed by atoms with E-state index in [-0.39, 0.29) is 24.0 Å². The lowest BCUT2D eigenvalue weighted by Crippen LogP contribution is -2.33. The smallest absolute Gasteiger partial charge is 0.191 e. The maximum absolute atomic E-state index is 5.95. The molecule has 0 amide bonds. The molecule has 1 aliphatic rings. The number of nitrogens with zero attached hydrogens (tertiary/aromatic N) is 4. The van der Waals surface area contributed by atoms with Gasteiger partial charge in [0.05, 0.1) is 0 Å². The van der Waals surface area contributed by atoms with E-state index in [1.54, 1.807) is 23.1 Å². The minimum Gasteiger partial charge on any atom is -0.370 e. The van der Waals surface area contributed by atoms with Crippen molar-refractivity contribution in [2.24, 2.45) is 10.7 Å². The first-order valence-electron chi connectivity index (χ1n) is 9.32. The molecule has 0 saturated heterocycles. The van der Waals surface area contributed by atoms with Crippen LogP contribution in [0, 0.1) is 0 Å². The van der Waals surface area contributed by atoms with E-state index in [0.29, 0.717) is 18.5 Å². The molecule has 3 rings (SSSR count). The summed E-state index contributed by atoms with van der Waals surface area (Å²) in [6.45, 7) is 1.53. The fourth-order valence-corrected chi connectivity index (χ4v) is 4.69. The summed E-state index contributed by atoms with van der Waals surface area (Å²) in [5.74, 6) is 1.63. The van der Waals surface area contributed by atoms with Crippen LogP contribution in [0.3, 0.4) is 0 Å². The zero-order valence-corrected chi connectivity index (χ0v) is 19.7. The van der Waals surface area contributed by atoms with Crippen LogP contribution in [0.4, 0.5) is 0 Å². The summed E-state index contributed by atoms with van der Waals surface area (Å²) in [6, 6.07) is 4.79. The van der Waals surface area contributed by atoms with Gasteiger partial charge in [-0.1, -0.05) is 30.7 Å². The number of halogens is 1. The van der Waals surface area contributed by atoms with Crippen molar-refractivity contribution in [3.8, 4) is 0 Å². The molecule has 0 atom stereocenters. The number of aryl methyl sites for hydroxylation is 1. The van der Waals surface area contributed by atoms with E-state index in [4.69, 9.17) is 5.73 Å². The van der Waals surface area contributed by atoms with Crippen LogP contribution >= 0.6 is 47.1 Å². The second-order valence-corrected chi connectivity index (χ2v) is 8.34. The number of guanidine groups is 1. The van der Waals surface area contributed by atoms with Gasteiger partial charge in [0.15, 0.2) is 11.1 Å². The Hall–Kier alpha value is -0.810. The Morgan fingerprint density at radius 3 is 2.89 bits per heavy atom. The lowest BCUT2D eigenvalue weighted by molar-refractivity contribution is 0.461. The Morgan fingerprint density at radius 2 is 2.19 bits per heavy atom. The molecule has 2 aromatic heterocycles. The van der Waals surface area contributed by atoms with Gasteiger partial charge in [0.2, 0.25) is 0 Å². The van der Waals surface area contributed by atoms with Gasteiger partial charge in [-0.05, 0) is 43.4 Å². The van der Waals surface area contributed by atoms with Crippen LogP contribution in [-0.4, -0.2) is 40.1 Å². The van der Waals surface area contributed by atoms with Crippen LogP contribution in [0.2, 0.25) is 0 Å². The van der Waals surface area contributed by atoms with Gasteiger partial charge in [-0.3, -0.25) is 4.99 Å². The van der Waals surface area contributed by atoms with Crippen molar-refractivity contribution in [3.05, 3.63) is 28.2 Å². The van der Waals surface area contributed by atoms with Crippen molar-refractivity contribution < 1.29 is 0 Å². The van der Waals surface area contributed by atoms with Crippen LogP contribution < -0.4 is 11.1 Å². The Labute approximate surface area is 186 Å². The summed E-state index contributed by atoms with van der Waals surface area (Å²) >= 11 is 3.46. The highest BCUT2D eigenvalue weighted by atomic mass is 127. The number of thioether (sulfide) groups is 1. The molecule has 1 aliphatic carbocycles. The molecule has 9 heteroatoms. The third-order valence-corrected chi connectivity index (χ3v) is 6.29. The van der Waals surface area contributed by atoms with Gasteiger partial charge >= 0.3 is 0 Å². The predicted octanol–water partition coefficient (Wildman–Crippen LogP) is 3.87. The summed E-state index contributed by atoms with van der Waals surface area (Å²) in [4.78, 5) is 5.80.